The maximum atomic E-state index is 5.99. The third kappa shape index (κ3) is 3.76. The molecule has 1 aliphatic heterocycles. The van der Waals surface area contributed by atoms with Crippen LogP contribution in [0.2, 0.25) is 6.04 Å². The smallest absolute Gasteiger partial charge is 0.183 e. The topological polar surface area (TPSA) is 18.5 Å². The van der Waals surface area contributed by atoms with Crippen LogP contribution in [-0.2, 0) is 9.47 Å². The molecule has 1 heterocycles. The highest BCUT2D eigenvalue weighted by atomic mass is 28.1. The van der Waals surface area contributed by atoms with Gasteiger partial charge in [-0.25, -0.2) is 0 Å². The van der Waals surface area contributed by atoms with Gasteiger partial charge in [0.2, 0.25) is 0 Å². The largest absolute Gasteiger partial charge is 0.348 e. The molecule has 3 radical (unpaired) electrons. The molecular formula is C18H25O2Si. The van der Waals surface area contributed by atoms with Crippen LogP contribution in [0.5, 0.6) is 0 Å². The fraction of sp³-hybridized carbons (Fsp3) is 0.667. The Bertz CT molecular complexity index is 429. The molecule has 0 amide bonds. The lowest BCUT2D eigenvalue weighted by atomic mass is 9.76. The molecule has 1 aliphatic carbocycles. The summed E-state index contributed by atoms with van der Waals surface area (Å²) in [6, 6.07) is 9.62. The summed E-state index contributed by atoms with van der Waals surface area (Å²) in [6.07, 6.45) is 5.21. The SMILES string of the molecule is Cc1ccc(C2OCC(C3CCC(C[Si])CC3)CO2)cc1. The van der Waals surface area contributed by atoms with Crippen LogP contribution in [0.25, 0.3) is 0 Å². The minimum absolute atomic E-state index is 0.166. The Morgan fingerprint density at radius 1 is 0.952 bits per heavy atom. The summed E-state index contributed by atoms with van der Waals surface area (Å²) < 4.78 is 12.0. The lowest BCUT2D eigenvalue weighted by molar-refractivity contribution is -0.214. The predicted octanol–water partition coefficient (Wildman–Crippen LogP) is 4.05. The van der Waals surface area contributed by atoms with E-state index in [4.69, 9.17) is 9.47 Å². The molecule has 21 heavy (non-hydrogen) atoms. The quantitative estimate of drug-likeness (QED) is 0.784. The zero-order valence-corrected chi connectivity index (χ0v) is 13.9. The first-order valence-corrected chi connectivity index (χ1v) is 8.91. The Kier molecular flexibility index (Phi) is 5.14. The summed E-state index contributed by atoms with van der Waals surface area (Å²) in [6.45, 7) is 3.80. The first-order chi connectivity index (χ1) is 10.3. The summed E-state index contributed by atoms with van der Waals surface area (Å²) in [7, 11) is 3.66. The van der Waals surface area contributed by atoms with Crippen molar-refractivity contribution in [2.75, 3.05) is 13.2 Å². The number of rotatable bonds is 3. The zero-order chi connectivity index (χ0) is 14.7. The summed E-state index contributed by atoms with van der Waals surface area (Å²) in [5.41, 5.74) is 2.41. The van der Waals surface area contributed by atoms with Crippen molar-refractivity contribution >= 4 is 10.2 Å². The van der Waals surface area contributed by atoms with Gasteiger partial charge in [-0.2, -0.15) is 0 Å². The molecule has 2 aliphatic rings. The molecule has 0 atom stereocenters. The van der Waals surface area contributed by atoms with Gasteiger partial charge in [0.25, 0.3) is 0 Å². The van der Waals surface area contributed by atoms with Gasteiger partial charge in [-0.05, 0) is 31.6 Å². The van der Waals surface area contributed by atoms with Gasteiger partial charge in [0.15, 0.2) is 6.29 Å². The monoisotopic (exact) mass is 301 g/mol. The van der Waals surface area contributed by atoms with E-state index in [-0.39, 0.29) is 6.29 Å². The van der Waals surface area contributed by atoms with Gasteiger partial charge in [-0.15, -0.1) is 0 Å². The van der Waals surface area contributed by atoms with Gasteiger partial charge >= 0.3 is 0 Å². The minimum atomic E-state index is -0.166. The predicted molar refractivity (Wildman–Crippen MR) is 85.3 cm³/mol. The van der Waals surface area contributed by atoms with Gasteiger partial charge in [-0.3, -0.25) is 0 Å². The van der Waals surface area contributed by atoms with Gasteiger partial charge < -0.3 is 9.47 Å². The van der Waals surface area contributed by atoms with Crippen LogP contribution in [0.4, 0.5) is 0 Å². The van der Waals surface area contributed by atoms with E-state index in [2.05, 4.69) is 41.4 Å². The average Bonchev–Trinajstić information content (AvgIpc) is 2.56. The van der Waals surface area contributed by atoms with E-state index >= 15 is 0 Å². The maximum absolute atomic E-state index is 5.99. The summed E-state index contributed by atoms with van der Waals surface area (Å²) in [4.78, 5) is 0. The van der Waals surface area contributed by atoms with Crippen LogP contribution >= 0.6 is 0 Å². The molecule has 113 valence electrons. The van der Waals surface area contributed by atoms with Crippen molar-refractivity contribution in [2.45, 2.75) is 44.9 Å². The van der Waals surface area contributed by atoms with Crippen molar-refractivity contribution < 1.29 is 9.47 Å². The molecule has 0 aromatic heterocycles. The molecule has 1 aromatic carbocycles. The fourth-order valence-corrected chi connectivity index (χ4v) is 3.98. The number of ether oxygens (including phenoxy) is 2. The standard InChI is InChI=1S/C18H25O2Si/c1-13-2-6-16(7-3-13)18-19-10-17(11-20-18)15-8-4-14(12-21)5-9-15/h2-3,6-7,14-15,17-18H,4-5,8-12H2,1H3. The minimum Gasteiger partial charge on any atom is -0.348 e. The van der Waals surface area contributed by atoms with Gasteiger partial charge in [0, 0.05) is 21.7 Å². The zero-order valence-electron chi connectivity index (χ0n) is 12.9. The Morgan fingerprint density at radius 3 is 2.14 bits per heavy atom. The van der Waals surface area contributed by atoms with Crippen LogP contribution in [0, 0.1) is 24.7 Å². The molecule has 3 rings (SSSR count). The second-order valence-electron chi connectivity index (χ2n) is 6.65. The first-order valence-electron chi connectivity index (χ1n) is 8.20. The lowest BCUT2D eigenvalue weighted by Crippen LogP contribution is -2.34. The van der Waals surface area contributed by atoms with Crippen LogP contribution in [0.3, 0.4) is 0 Å². The molecule has 0 N–H and O–H groups in total. The molecule has 1 aromatic rings. The third-order valence-electron chi connectivity index (χ3n) is 5.12. The molecule has 1 saturated heterocycles. The van der Waals surface area contributed by atoms with Crippen molar-refractivity contribution in [3.8, 4) is 0 Å². The molecule has 0 spiro atoms. The van der Waals surface area contributed by atoms with Crippen LogP contribution in [0.1, 0.15) is 43.1 Å². The molecule has 2 nitrogen and oxygen atoms in total. The fourth-order valence-electron chi connectivity index (χ4n) is 3.57. The van der Waals surface area contributed by atoms with E-state index in [1.165, 1.54) is 31.2 Å². The maximum Gasteiger partial charge on any atom is 0.183 e. The highest BCUT2D eigenvalue weighted by Gasteiger charge is 2.31. The molecular weight excluding hydrogens is 276 g/mol. The van der Waals surface area contributed by atoms with E-state index in [1.54, 1.807) is 0 Å². The Labute approximate surface area is 131 Å². The summed E-state index contributed by atoms with van der Waals surface area (Å²) in [5, 5.41) is 0. The van der Waals surface area contributed by atoms with E-state index in [9.17, 15) is 0 Å². The second kappa shape index (κ2) is 7.08. The Balaban J connectivity index is 1.50. The Morgan fingerprint density at radius 2 is 1.57 bits per heavy atom. The van der Waals surface area contributed by atoms with Crippen LogP contribution in [0.15, 0.2) is 24.3 Å². The van der Waals surface area contributed by atoms with E-state index in [0.717, 1.165) is 36.7 Å². The molecule has 3 heteroatoms. The highest BCUT2D eigenvalue weighted by molar-refractivity contribution is 6.08. The second-order valence-corrected chi connectivity index (χ2v) is 7.06. The lowest BCUT2D eigenvalue weighted by Gasteiger charge is -2.37. The van der Waals surface area contributed by atoms with Crippen molar-refractivity contribution in [1.82, 2.24) is 0 Å². The number of hydrogen-bond acceptors (Lipinski definition) is 2. The van der Waals surface area contributed by atoms with Crippen molar-refractivity contribution in [2.24, 2.45) is 17.8 Å². The van der Waals surface area contributed by atoms with Gasteiger partial charge in [-0.1, -0.05) is 48.7 Å². The van der Waals surface area contributed by atoms with Crippen molar-refractivity contribution in [3.63, 3.8) is 0 Å². The normalized spacial score (nSPS) is 33.8. The number of hydrogen-bond donors (Lipinski definition) is 0. The highest BCUT2D eigenvalue weighted by Crippen LogP contribution is 2.38. The van der Waals surface area contributed by atoms with E-state index < -0.39 is 0 Å². The molecule has 0 unspecified atom stereocenters. The number of benzene rings is 1. The van der Waals surface area contributed by atoms with Crippen molar-refractivity contribution in [1.29, 1.82) is 0 Å². The molecule has 0 bridgehead atoms. The summed E-state index contributed by atoms with van der Waals surface area (Å²) in [5.74, 6) is 2.25. The van der Waals surface area contributed by atoms with Crippen molar-refractivity contribution in [3.05, 3.63) is 35.4 Å². The molecule has 2 fully saturated rings. The Hall–Kier alpha value is -0.643. The van der Waals surface area contributed by atoms with Gasteiger partial charge in [0.05, 0.1) is 13.2 Å². The molecule has 1 saturated carbocycles. The van der Waals surface area contributed by atoms with Crippen LogP contribution < -0.4 is 0 Å². The summed E-state index contributed by atoms with van der Waals surface area (Å²) >= 11 is 0. The average molecular weight is 301 g/mol. The third-order valence-corrected chi connectivity index (χ3v) is 5.70. The van der Waals surface area contributed by atoms with E-state index in [0.29, 0.717) is 5.92 Å². The van der Waals surface area contributed by atoms with Crippen LogP contribution in [-0.4, -0.2) is 23.5 Å². The van der Waals surface area contributed by atoms with Gasteiger partial charge in [0.1, 0.15) is 0 Å². The first kappa shape index (κ1) is 15.3. The van der Waals surface area contributed by atoms with E-state index in [1.807, 2.05) is 0 Å². The number of aryl methyl sites for hydroxylation is 1.